The highest BCUT2D eigenvalue weighted by Crippen LogP contribution is 2.09. The zero-order valence-corrected chi connectivity index (χ0v) is 6.16. The van der Waals surface area contributed by atoms with E-state index >= 15 is 0 Å². The number of carbonyl (C=O) groups is 1. The summed E-state index contributed by atoms with van der Waals surface area (Å²) in [4.78, 5) is 10.4. The average molecular weight is 145 g/mol. The summed E-state index contributed by atoms with van der Waals surface area (Å²) in [6.45, 7) is 1.81. The van der Waals surface area contributed by atoms with Gasteiger partial charge in [-0.1, -0.05) is 18.2 Å². The van der Waals surface area contributed by atoms with E-state index in [0.29, 0.717) is 17.4 Å². The van der Waals surface area contributed by atoms with E-state index in [-0.39, 0.29) is 0 Å². The van der Waals surface area contributed by atoms with Gasteiger partial charge in [-0.15, -0.1) is 0 Å². The molecule has 54 valence electrons. The SMILES string of the molecule is Cc1cccc(C=O)c1C#N. The van der Waals surface area contributed by atoms with E-state index in [0.717, 1.165) is 5.56 Å². The maximum Gasteiger partial charge on any atom is 0.151 e. The molecule has 0 unspecified atom stereocenters. The fourth-order valence-corrected chi connectivity index (χ4v) is 0.941. The lowest BCUT2D eigenvalue weighted by Crippen LogP contribution is -1.89. The van der Waals surface area contributed by atoms with Crippen molar-refractivity contribution in [2.45, 2.75) is 6.92 Å². The molecule has 1 aromatic carbocycles. The maximum atomic E-state index is 10.4. The number of nitriles is 1. The van der Waals surface area contributed by atoms with Gasteiger partial charge in [0.25, 0.3) is 0 Å². The zero-order valence-electron chi connectivity index (χ0n) is 6.16. The van der Waals surface area contributed by atoms with Crippen LogP contribution in [0.5, 0.6) is 0 Å². The van der Waals surface area contributed by atoms with E-state index in [1.165, 1.54) is 0 Å². The minimum absolute atomic E-state index is 0.465. The third-order valence-corrected chi connectivity index (χ3v) is 1.54. The van der Waals surface area contributed by atoms with Crippen molar-refractivity contribution in [3.8, 4) is 6.07 Å². The summed E-state index contributed by atoms with van der Waals surface area (Å²) < 4.78 is 0. The lowest BCUT2D eigenvalue weighted by atomic mass is 10.0. The van der Waals surface area contributed by atoms with Crippen molar-refractivity contribution in [2.24, 2.45) is 0 Å². The summed E-state index contributed by atoms with van der Waals surface area (Å²) >= 11 is 0. The average Bonchev–Trinajstić information content (AvgIpc) is 2.04. The molecule has 0 heterocycles. The molecule has 0 aliphatic heterocycles. The second-order valence-corrected chi connectivity index (χ2v) is 2.27. The van der Waals surface area contributed by atoms with E-state index in [1.54, 1.807) is 12.1 Å². The summed E-state index contributed by atoms with van der Waals surface area (Å²) in [5.41, 5.74) is 1.78. The van der Waals surface area contributed by atoms with Crippen LogP contribution in [0, 0.1) is 18.3 Å². The van der Waals surface area contributed by atoms with Gasteiger partial charge in [-0.05, 0) is 12.5 Å². The van der Waals surface area contributed by atoms with Crippen LogP contribution < -0.4 is 0 Å². The van der Waals surface area contributed by atoms with Crippen LogP contribution in [0.25, 0.3) is 0 Å². The van der Waals surface area contributed by atoms with E-state index in [4.69, 9.17) is 5.26 Å². The summed E-state index contributed by atoms with van der Waals surface area (Å²) in [6.07, 6.45) is 0.700. The van der Waals surface area contributed by atoms with Crippen LogP contribution in [0.1, 0.15) is 21.5 Å². The fraction of sp³-hybridized carbons (Fsp3) is 0.111. The van der Waals surface area contributed by atoms with Crippen LogP contribution >= 0.6 is 0 Å². The number of aldehydes is 1. The molecule has 0 amide bonds. The van der Waals surface area contributed by atoms with Gasteiger partial charge >= 0.3 is 0 Å². The Morgan fingerprint density at radius 1 is 1.55 bits per heavy atom. The molecule has 1 aromatic rings. The van der Waals surface area contributed by atoms with Gasteiger partial charge < -0.3 is 0 Å². The standard InChI is InChI=1S/C9H7NO/c1-7-3-2-4-8(6-11)9(7)5-10/h2-4,6H,1H3. The molecule has 0 fully saturated rings. The largest absolute Gasteiger partial charge is 0.298 e. The Labute approximate surface area is 65.1 Å². The number of aryl methyl sites for hydroxylation is 1. The van der Waals surface area contributed by atoms with Crippen LogP contribution in [-0.2, 0) is 0 Å². The Morgan fingerprint density at radius 3 is 2.73 bits per heavy atom. The highest BCUT2D eigenvalue weighted by atomic mass is 16.1. The van der Waals surface area contributed by atoms with Crippen molar-refractivity contribution in [3.63, 3.8) is 0 Å². The molecule has 0 spiro atoms. The van der Waals surface area contributed by atoms with Crippen molar-refractivity contribution < 1.29 is 4.79 Å². The van der Waals surface area contributed by atoms with Gasteiger partial charge in [0.2, 0.25) is 0 Å². The fourth-order valence-electron chi connectivity index (χ4n) is 0.941. The van der Waals surface area contributed by atoms with Gasteiger partial charge in [0.1, 0.15) is 6.07 Å². The topological polar surface area (TPSA) is 40.9 Å². The Balaban J connectivity index is 3.38. The molecule has 0 bridgehead atoms. The number of carbonyl (C=O) groups excluding carboxylic acids is 1. The van der Waals surface area contributed by atoms with Crippen molar-refractivity contribution >= 4 is 6.29 Å². The van der Waals surface area contributed by atoms with Crippen molar-refractivity contribution in [1.29, 1.82) is 5.26 Å². The predicted molar refractivity (Wildman–Crippen MR) is 41.3 cm³/mol. The molecule has 0 saturated heterocycles. The quantitative estimate of drug-likeness (QED) is 0.564. The third kappa shape index (κ3) is 1.27. The molecule has 0 aliphatic rings. The minimum atomic E-state index is 0.465. The summed E-state index contributed by atoms with van der Waals surface area (Å²) in [5.74, 6) is 0. The molecule has 0 aliphatic carbocycles. The van der Waals surface area contributed by atoms with Crippen LogP contribution in [0.4, 0.5) is 0 Å². The van der Waals surface area contributed by atoms with Gasteiger partial charge in [0.15, 0.2) is 6.29 Å². The summed E-state index contributed by atoms with van der Waals surface area (Å²) in [7, 11) is 0. The Morgan fingerprint density at radius 2 is 2.27 bits per heavy atom. The Bertz CT molecular complexity index is 323. The van der Waals surface area contributed by atoms with Gasteiger partial charge in [0.05, 0.1) is 5.56 Å². The van der Waals surface area contributed by atoms with E-state index in [9.17, 15) is 4.79 Å². The lowest BCUT2D eigenvalue weighted by Gasteiger charge is -1.97. The first-order valence-corrected chi connectivity index (χ1v) is 3.24. The third-order valence-electron chi connectivity index (χ3n) is 1.54. The molecular weight excluding hydrogens is 138 g/mol. The second-order valence-electron chi connectivity index (χ2n) is 2.27. The van der Waals surface area contributed by atoms with Crippen LogP contribution in [-0.4, -0.2) is 6.29 Å². The van der Waals surface area contributed by atoms with E-state index < -0.39 is 0 Å². The molecule has 0 saturated carbocycles. The number of nitrogens with zero attached hydrogens (tertiary/aromatic N) is 1. The minimum Gasteiger partial charge on any atom is -0.298 e. The molecule has 0 atom stereocenters. The first-order valence-electron chi connectivity index (χ1n) is 3.24. The number of hydrogen-bond donors (Lipinski definition) is 0. The Kier molecular flexibility index (Phi) is 2.03. The predicted octanol–water partition coefficient (Wildman–Crippen LogP) is 1.68. The molecule has 2 heteroatoms. The molecule has 0 aromatic heterocycles. The van der Waals surface area contributed by atoms with Gasteiger partial charge in [0, 0.05) is 5.56 Å². The maximum absolute atomic E-state index is 10.4. The number of hydrogen-bond acceptors (Lipinski definition) is 2. The van der Waals surface area contributed by atoms with Crippen LogP contribution in [0.3, 0.4) is 0 Å². The van der Waals surface area contributed by atoms with Crippen molar-refractivity contribution in [2.75, 3.05) is 0 Å². The first-order chi connectivity index (χ1) is 5.29. The van der Waals surface area contributed by atoms with E-state index in [2.05, 4.69) is 0 Å². The smallest absolute Gasteiger partial charge is 0.151 e. The summed E-state index contributed by atoms with van der Waals surface area (Å²) in [6, 6.07) is 7.20. The highest BCUT2D eigenvalue weighted by molar-refractivity contribution is 5.79. The number of rotatable bonds is 1. The lowest BCUT2D eigenvalue weighted by molar-refractivity contribution is 0.112. The highest BCUT2D eigenvalue weighted by Gasteiger charge is 2.01. The molecular formula is C9H7NO. The zero-order chi connectivity index (χ0) is 8.27. The Hall–Kier alpha value is -1.62. The molecule has 0 N–H and O–H groups in total. The van der Waals surface area contributed by atoms with Crippen LogP contribution in [0.15, 0.2) is 18.2 Å². The monoisotopic (exact) mass is 145 g/mol. The van der Waals surface area contributed by atoms with Gasteiger partial charge in [-0.25, -0.2) is 0 Å². The molecule has 2 nitrogen and oxygen atoms in total. The molecule has 11 heavy (non-hydrogen) atoms. The van der Waals surface area contributed by atoms with Gasteiger partial charge in [-0.3, -0.25) is 4.79 Å². The van der Waals surface area contributed by atoms with Crippen molar-refractivity contribution in [1.82, 2.24) is 0 Å². The number of benzene rings is 1. The van der Waals surface area contributed by atoms with Gasteiger partial charge in [-0.2, -0.15) is 5.26 Å². The normalized spacial score (nSPS) is 8.73. The van der Waals surface area contributed by atoms with E-state index in [1.807, 2.05) is 19.1 Å². The summed E-state index contributed by atoms with van der Waals surface area (Å²) in [5, 5.41) is 8.62. The molecule has 1 rings (SSSR count). The molecule has 0 radical (unpaired) electrons. The van der Waals surface area contributed by atoms with Crippen LogP contribution in [0.2, 0.25) is 0 Å². The first kappa shape index (κ1) is 7.49. The van der Waals surface area contributed by atoms with Crippen molar-refractivity contribution in [3.05, 3.63) is 34.9 Å². The second kappa shape index (κ2) is 2.98.